The number of ether oxygens (including phenoxy) is 2. The molecule has 21 heavy (non-hydrogen) atoms. The third kappa shape index (κ3) is 5.62. The van der Waals surface area contributed by atoms with Gasteiger partial charge in [0.25, 0.3) is 0 Å². The van der Waals surface area contributed by atoms with Crippen LogP contribution < -0.4 is 14.8 Å². The Morgan fingerprint density at radius 3 is 2.62 bits per heavy atom. The summed E-state index contributed by atoms with van der Waals surface area (Å²) in [6.07, 6.45) is 0.622. The van der Waals surface area contributed by atoms with Crippen LogP contribution in [-0.2, 0) is 21.3 Å². The van der Waals surface area contributed by atoms with Crippen molar-refractivity contribution in [2.24, 2.45) is 0 Å². The maximum absolute atomic E-state index is 12.3. The molecule has 0 aliphatic heterocycles. The summed E-state index contributed by atoms with van der Waals surface area (Å²) in [7, 11) is -0.519. The molecule has 7 heteroatoms. The first-order valence-corrected chi connectivity index (χ1v) is 8.39. The van der Waals surface area contributed by atoms with Crippen LogP contribution >= 0.6 is 0 Å². The standard InChI is InChI=1S/C14H24N2O4S/c1-4-15-11-12-6-7-14(13(10-12)20-3)21(17,18)16-8-5-9-19-2/h6-7,10,15-16H,4-5,8-9,11H2,1-3H3. The molecule has 1 rings (SSSR count). The van der Waals surface area contributed by atoms with Gasteiger partial charge in [-0.05, 0) is 30.7 Å². The van der Waals surface area contributed by atoms with E-state index in [1.54, 1.807) is 25.3 Å². The van der Waals surface area contributed by atoms with Crippen LogP contribution in [0.5, 0.6) is 5.75 Å². The third-order valence-corrected chi connectivity index (χ3v) is 4.41. The lowest BCUT2D eigenvalue weighted by Gasteiger charge is -2.12. The van der Waals surface area contributed by atoms with Gasteiger partial charge in [0.15, 0.2) is 0 Å². The van der Waals surface area contributed by atoms with Gasteiger partial charge in [0.05, 0.1) is 7.11 Å². The number of sulfonamides is 1. The van der Waals surface area contributed by atoms with Crippen LogP contribution in [0.4, 0.5) is 0 Å². The van der Waals surface area contributed by atoms with E-state index in [4.69, 9.17) is 9.47 Å². The number of nitrogens with one attached hydrogen (secondary N) is 2. The zero-order valence-electron chi connectivity index (χ0n) is 12.8. The number of benzene rings is 1. The van der Waals surface area contributed by atoms with Crippen molar-refractivity contribution in [2.45, 2.75) is 24.8 Å². The second-order valence-electron chi connectivity index (χ2n) is 4.51. The summed E-state index contributed by atoms with van der Waals surface area (Å²) in [6, 6.07) is 5.10. The summed E-state index contributed by atoms with van der Waals surface area (Å²) in [4.78, 5) is 0.155. The molecule has 0 fully saturated rings. The van der Waals surface area contributed by atoms with Crippen LogP contribution in [0.15, 0.2) is 23.1 Å². The molecule has 1 aromatic rings. The molecule has 0 aliphatic carbocycles. The lowest BCUT2D eigenvalue weighted by molar-refractivity contribution is 0.196. The summed E-state index contributed by atoms with van der Waals surface area (Å²) >= 11 is 0. The molecule has 1 aromatic carbocycles. The maximum atomic E-state index is 12.3. The predicted octanol–water partition coefficient (Wildman–Crippen LogP) is 1.12. The van der Waals surface area contributed by atoms with Crippen molar-refractivity contribution < 1.29 is 17.9 Å². The number of hydrogen-bond acceptors (Lipinski definition) is 5. The Labute approximate surface area is 126 Å². The van der Waals surface area contributed by atoms with Gasteiger partial charge in [-0.25, -0.2) is 13.1 Å². The molecule has 0 saturated carbocycles. The van der Waals surface area contributed by atoms with E-state index < -0.39 is 10.0 Å². The molecule has 0 unspecified atom stereocenters. The first kappa shape index (κ1) is 17.9. The van der Waals surface area contributed by atoms with Gasteiger partial charge in [0.2, 0.25) is 10.0 Å². The van der Waals surface area contributed by atoms with Crippen molar-refractivity contribution in [1.29, 1.82) is 0 Å². The van der Waals surface area contributed by atoms with Crippen molar-refractivity contribution in [3.05, 3.63) is 23.8 Å². The number of rotatable bonds is 10. The summed E-state index contributed by atoms with van der Waals surface area (Å²) in [5.74, 6) is 0.352. The van der Waals surface area contributed by atoms with E-state index >= 15 is 0 Å². The highest BCUT2D eigenvalue weighted by Crippen LogP contribution is 2.24. The van der Waals surface area contributed by atoms with Crippen molar-refractivity contribution in [3.63, 3.8) is 0 Å². The Morgan fingerprint density at radius 1 is 1.24 bits per heavy atom. The topological polar surface area (TPSA) is 76.7 Å². The van der Waals surface area contributed by atoms with Crippen LogP contribution in [0.2, 0.25) is 0 Å². The summed E-state index contributed by atoms with van der Waals surface area (Å²) < 4.78 is 37.2. The monoisotopic (exact) mass is 316 g/mol. The second-order valence-corrected chi connectivity index (χ2v) is 6.25. The zero-order valence-corrected chi connectivity index (χ0v) is 13.6. The Hall–Kier alpha value is -1.15. The van der Waals surface area contributed by atoms with Gasteiger partial charge in [-0.15, -0.1) is 0 Å². The molecule has 120 valence electrons. The van der Waals surface area contributed by atoms with E-state index in [1.807, 2.05) is 6.92 Å². The number of hydrogen-bond donors (Lipinski definition) is 2. The van der Waals surface area contributed by atoms with Crippen LogP contribution in [0.1, 0.15) is 18.9 Å². The second kappa shape index (κ2) is 8.99. The first-order valence-electron chi connectivity index (χ1n) is 6.91. The van der Waals surface area contributed by atoms with Crippen LogP contribution in [-0.4, -0.2) is 42.3 Å². The normalized spacial score (nSPS) is 11.6. The van der Waals surface area contributed by atoms with Gasteiger partial charge in [-0.1, -0.05) is 13.0 Å². The largest absolute Gasteiger partial charge is 0.495 e. The average molecular weight is 316 g/mol. The smallest absolute Gasteiger partial charge is 0.244 e. The van der Waals surface area contributed by atoms with Crippen LogP contribution in [0.25, 0.3) is 0 Å². The Kier molecular flexibility index (Phi) is 7.66. The summed E-state index contributed by atoms with van der Waals surface area (Å²) in [6.45, 7) is 4.39. The fourth-order valence-electron chi connectivity index (χ4n) is 1.81. The highest BCUT2D eigenvalue weighted by atomic mass is 32.2. The SMILES string of the molecule is CCNCc1ccc(S(=O)(=O)NCCCOC)c(OC)c1. The van der Waals surface area contributed by atoms with E-state index in [2.05, 4.69) is 10.0 Å². The molecule has 0 amide bonds. The van der Waals surface area contributed by atoms with E-state index in [0.717, 1.165) is 12.1 Å². The molecular weight excluding hydrogens is 292 g/mol. The quantitative estimate of drug-likeness (QED) is 0.633. The Morgan fingerprint density at radius 2 is 2.00 bits per heavy atom. The summed E-state index contributed by atoms with van der Waals surface area (Å²) in [5.41, 5.74) is 0.979. The third-order valence-electron chi connectivity index (χ3n) is 2.91. The number of methoxy groups -OCH3 is 2. The fourth-order valence-corrected chi connectivity index (χ4v) is 3.04. The molecule has 0 spiro atoms. The minimum atomic E-state index is -3.57. The molecule has 0 aliphatic rings. The van der Waals surface area contributed by atoms with Crippen LogP contribution in [0, 0.1) is 0 Å². The zero-order chi connectivity index (χ0) is 15.7. The van der Waals surface area contributed by atoms with Gasteiger partial charge in [-0.2, -0.15) is 0 Å². The van der Waals surface area contributed by atoms with Gasteiger partial charge < -0.3 is 14.8 Å². The van der Waals surface area contributed by atoms with E-state index in [-0.39, 0.29) is 4.90 Å². The summed E-state index contributed by atoms with van der Waals surface area (Å²) in [5, 5.41) is 3.19. The van der Waals surface area contributed by atoms with Gasteiger partial charge in [0, 0.05) is 26.8 Å². The van der Waals surface area contributed by atoms with Gasteiger partial charge in [-0.3, -0.25) is 0 Å². The lowest BCUT2D eigenvalue weighted by Crippen LogP contribution is -2.26. The minimum Gasteiger partial charge on any atom is -0.495 e. The molecule has 0 saturated heterocycles. The van der Waals surface area contributed by atoms with E-state index in [0.29, 0.717) is 31.9 Å². The Bertz CT molecular complexity index is 532. The maximum Gasteiger partial charge on any atom is 0.244 e. The van der Waals surface area contributed by atoms with E-state index in [9.17, 15) is 8.42 Å². The minimum absolute atomic E-state index is 0.155. The van der Waals surface area contributed by atoms with Crippen molar-refractivity contribution in [1.82, 2.24) is 10.0 Å². The highest BCUT2D eigenvalue weighted by molar-refractivity contribution is 7.89. The van der Waals surface area contributed by atoms with Crippen molar-refractivity contribution >= 4 is 10.0 Å². The van der Waals surface area contributed by atoms with E-state index in [1.165, 1.54) is 7.11 Å². The molecule has 0 heterocycles. The molecule has 0 bridgehead atoms. The predicted molar refractivity (Wildman–Crippen MR) is 82.1 cm³/mol. The molecule has 0 radical (unpaired) electrons. The highest BCUT2D eigenvalue weighted by Gasteiger charge is 2.19. The average Bonchev–Trinajstić information content (AvgIpc) is 2.49. The fraction of sp³-hybridized carbons (Fsp3) is 0.571. The molecule has 6 nitrogen and oxygen atoms in total. The molecule has 0 atom stereocenters. The lowest BCUT2D eigenvalue weighted by atomic mass is 10.2. The van der Waals surface area contributed by atoms with Crippen LogP contribution in [0.3, 0.4) is 0 Å². The first-order chi connectivity index (χ1) is 10.0. The van der Waals surface area contributed by atoms with Gasteiger partial charge >= 0.3 is 0 Å². The van der Waals surface area contributed by atoms with Gasteiger partial charge in [0.1, 0.15) is 10.6 Å². The molecule has 0 aromatic heterocycles. The molecular formula is C14H24N2O4S. The molecule has 2 N–H and O–H groups in total. The Balaban J connectivity index is 2.85. The van der Waals surface area contributed by atoms with Crippen molar-refractivity contribution in [2.75, 3.05) is 33.9 Å². The van der Waals surface area contributed by atoms with Crippen molar-refractivity contribution in [3.8, 4) is 5.75 Å².